The summed E-state index contributed by atoms with van der Waals surface area (Å²) in [6, 6.07) is 17.0. The van der Waals surface area contributed by atoms with E-state index in [1.807, 2.05) is 42.5 Å². The summed E-state index contributed by atoms with van der Waals surface area (Å²) in [6.07, 6.45) is 7.61. The van der Waals surface area contributed by atoms with Gasteiger partial charge in [0.15, 0.2) is 0 Å². The zero-order valence-corrected chi connectivity index (χ0v) is 24.2. The van der Waals surface area contributed by atoms with Gasteiger partial charge in [-0.05, 0) is 72.4 Å². The highest BCUT2D eigenvalue weighted by Crippen LogP contribution is 2.49. The molecular weight excluding hydrogens is 514 g/mol. The number of phenols is 1. The molecular formula is C35H43NO5. The Bertz CT molecular complexity index is 1290. The summed E-state index contributed by atoms with van der Waals surface area (Å²) < 4.78 is 0. The highest BCUT2D eigenvalue weighted by atomic mass is 16.3. The van der Waals surface area contributed by atoms with Crippen LogP contribution in [0.3, 0.4) is 0 Å². The quantitative estimate of drug-likeness (QED) is 0.200. The van der Waals surface area contributed by atoms with E-state index in [2.05, 4.69) is 19.9 Å². The number of amides is 2. The highest BCUT2D eigenvalue weighted by Gasteiger charge is 2.56. The van der Waals surface area contributed by atoms with E-state index in [0.29, 0.717) is 19.3 Å². The third-order valence-electron chi connectivity index (χ3n) is 9.41. The number of fused-ring (bicyclic) bond motifs is 1. The molecule has 4 atom stereocenters. The van der Waals surface area contributed by atoms with Crippen molar-refractivity contribution in [3.8, 4) is 5.75 Å². The first-order valence-electron chi connectivity index (χ1n) is 15.2. The van der Waals surface area contributed by atoms with Crippen LogP contribution >= 0.6 is 0 Å². The highest BCUT2D eigenvalue weighted by molar-refractivity contribution is 6.06. The Morgan fingerprint density at radius 3 is 2.29 bits per heavy atom. The molecule has 1 aliphatic heterocycles. The first kappa shape index (κ1) is 29.3. The first-order valence-corrected chi connectivity index (χ1v) is 15.2. The van der Waals surface area contributed by atoms with E-state index in [0.717, 1.165) is 60.0 Å². The number of carbonyl (C=O) groups excluding carboxylic acids is 2. The molecule has 218 valence electrons. The van der Waals surface area contributed by atoms with E-state index in [1.165, 1.54) is 0 Å². The standard InChI is InChI=1S/C35H43NO5/c1-22(2)28-20-29-33(35(41)36(34(29)40)26-11-7-4-8-12-26)30(21-37)32(28)31(39)18-15-25(24-9-5-3-6-10-24)19-23-13-16-27(38)17-14-23/h3,5-6,9-10,13-14,16-17,19,22,26,29-31,33,37-39H,4,7-8,11-12,15,18,20-21H2,1-2H3/b25-19-/t29-,30+,31-,33-/m1/s1. The van der Waals surface area contributed by atoms with Crippen molar-refractivity contribution in [2.24, 2.45) is 23.7 Å². The summed E-state index contributed by atoms with van der Waals surface area (Å²) in [7, 11) is 0. The molecule has 1 heterocycles. The molecule has 2 aliphatic carbocycles. The maximum Gasteiger partial charge on any atom is 0.234 e. The number of aliphatic hydroxyl groups excluding tert-OH is 2. The second kappa shape index (κ2) is 12.7. The summed E-state index contributed by atoms with van der Waals surface area (Å²) in [4.78, 5) is 29.0. The number of phenolic OH excluding ortho intramolecular Hbond substituents is 1. The molecule has 6 heteroatoms. The lowest BCUT2D eigenvalue weighted by Crippen LogP contribution is -2.42. The number of nitrogens with zero attached hydrogens (tertiary/aromatic N) is 1. The lowest BCUT2D eigenvalue weighted by atomic mass is 9.66. The second-order valence-corrected chi connectivity index (χ2v) is 12.3. The maximum atomic E-state index is 13.8. The van der Waals surface area contributed by atoms with Gasteiger partial charge in [0.2, 0.25) is 11.8 Å². The fourth-order valence-electron chi connectivity index (χ4n) is 7.34. The zero-order valence-electron chi connectivity index (χ0n) is 24.2. The molecule has 3 aliphatic rings. The SMILES string of the molecule is CC(C)C1=C([C@H](O)CC/C(=C/c2ccc(O)cc2)c2ccccc2)[C@H](CO)[C@@H]2C(=O)N(C3CCCCC3)C(=O)[C@@H]2C1. The molecule has 6 nitrogen and oxygen atoms in total. The smallest absolute Gasteiger partial charge is 0.234 e. The molecule has 0 aromatic heterocycles. The Morgan fingerprint density at radius 1 is 0.976 bits per heavy atom. The van der Waals surface area contributed by atoms with Gasteiger partial charge in [-0.2, -0.15) is 0 Å². The number of aliphatic hydroxyl groups is 2. The van der Waals surface area contributed by atoms with Gasteiger partial charge in [-0.25, -0.2) is 0 Å². The van der Waals surface area contributed by atoms with Gasteiger partial charge < -0.3 is 15.3 Å². The van der Waals surface area contributed by atoms with Crippen LogP contribution in [0.5, 0.6) is 5.75 Å². The van der Waals surface area contributed by atoms with Crippen molar-refractivity contribution in [2.45, 2.75) is 77.4 Å². The van der Waals surface area contributed by atoms with E-state index in [4.69, 9.17) is 0 Å². The van der Waals surface area contributed by atoms with E-state index in [-0.39, 0.29) is 36.1 Å². The first-order chi connectivity index (χ1) is 19.8. The minimum atomic E-state index is -0.843. The van der Waals surface area contributed by atoms with Crippen LogP contribution in [-0.4, -0.2) is 50.8 Å². The fraction of sp³-hybridized carbons (Fsp3) is 0.486. The minimum absolute atomic E-state index is 0.0389. The van der Waals surface area contributed by atoms with Crippen molar-refractivity contribution < 1.29 is 24.9 Å². The summed E-state index contributed by atoms with van der Waals surface area (Å²) in [5.41, 5.74) is 4.81. The third kappa shape index (κ3) is 6.05. The van der Waals surface area contributed by atoms with Gasteiger partial charge in [0.05, 0.1) is 24.5 Å². The Labute approximate surface area is 243 Å². The molecule has 0 unspecified atom stereocenters. The average Bonchev–Trinajstić information content (AvgIpc) is 3.24. The van der Waals surface area contributed by atoms with Crippen molar-refractivity contribution in [3.63, 3.8) is 0 Å². The molecule has 1 saturated carbocycles. The minimum Gasteiger partial charge on any atom is -0.508 e. The number of aromatic hydroxyl groups is 1. The lowest BCUT2D eigenvalue weighted by molar-refractivity contribution is -0.143. The van der Waals surface area contributed by atoms with E-state index >= 15 is 0 Å². The molecule has 0 bridgehead atoms. The maximum absolute atomic E-state index is 13.8. The van der Waals surface area contributed by atoms with Crippen molar-refractivity contribution in [3.05, 3.63) is 76.9 Å². The van der Waals surface area contributed by atoms with E-state index in [9.17, 15) is 24.9 Å². The number of imide groups is 1. The van der Waals surface area contributed by atoms with Crippen LogP contribution in [0.2, 0.25) is 0 Å². The molecule has 3 N–H and O–H groups in total. The Morgan fingerprint density at radius 2 is 1.66 bits per heavy atom. The summed E-state index contributed by atoms with van der Waals surface area (Å²) in [6.45, 7) is 3.87. The number of likely N-dealkylation sites (tertiary alicyclic amines) is 1. The molecule has 2 amide bonds. The second-order valence-electron chi connectivity index (χ2n) is 12.3. The molecule has 0 spiro atoms. The zero-order chi connectivity index (χ0) is 29.1. The van der Waals surface area contributed by atoms with Crippen molar-refractivity contribution in [1.29, 1.82) is 0 Å². The Hall–Kier alpha value is -3.22. The lowest BCUT2D eigenvalue weighted by Gasteiger charge is -2.38. The van der Waals surface area contributed by atoms with Crippen LogP contribution in [0.15, 0.2) is 65.7 Å². The summed E-state index contributed by atoms with van der Waals surface area (Å²) in [5.74, 6) is -1.57. The largest absolute Gasteiger partial charge is 0.508 e. The number of hydrogen-bond acceptors (Lipinski definition) is 5. The van der Waals surface area contributed by atoms with Gasteiger partial charge in [0.25, 0.3) is 0 Å². The molecule has 1 saturated heterocycles. The van der Waals surface area contributed by atoms with Crippen LogP contribution in [0.1, 0.15) is 76.3 Å². The van der Waals surface area contributed by atoms with Gasteiger partial charge in [-0.15, -0.1) is 0 Å². The molecule has 2 fully saturated rings. The molecule has 2 aromatic carbocycles. The summed E-state index contributed by atoms with van der Waals surface area (Å²) in [5, 5.41) is 32.1. The van der Waals surface area contributed by atoms with Crippen molar-refractivity contribution >= 4 is 23.5 Å². The number of hydrogen-bond donors (Lipinski definition) is 3. The molecule has 5 rings (SSSR count). The molecule has 2 aromatic rings. The number of carbonyl (C=O) groups is 2. The van der Waals surface area contributed by atoms with Crippen LogP contribution in [0.25, 0.3) is 11.6 Å². The van der Waals surface area contributed by atoms with Crippen LogP contribution < -0.4 is 0 Å². The predicted molar refractivity (Wildman–Crippen MR) is 160 cm³/mol. The van der Waals surface area contributed by atoms with Gasteiger partial charge in [0.1, 0.15) is 5.75 Å². The summed E-state index contributed by atoms with van der Waals surface area (Å²) >= 11 is 0. The third-order valence-corrected chi connectivity index (χ3v) is 9.41. The normalized spacial score (nSPS) is 24.8. The van der Waals surface area contributed by atoms with Crippen LogP contribution in [0, 0.1) is 23.7 Å². The topological polar surface area (TPSA) is 98.1 Å². The number of rotatable bonds is 9. The number of allylic oxidation sites excluding steroid dienone is 2. The molecule has 0 radical (unpaired) electrons. The van der Waals surface area contributed by atoms with Gasteiger partial charge >= 0.3 is 0 Å². The Balaban J connectivity index is 1.42. The average molecular weight is 558 g/mol. The van der Waals surface area contributed by atoms with Gasteiger partial charge in [-0.1, -0.05) is 87.2 Å². The fourth-order valence-corrected chi connectivity index (χ4v) is 7.34. The number of benzene rings is 2. The van der Waals surface area contributed by atoms with E-state index < -0.39 is 23.9 Å². The van der Waals surface area contributed by atoms with Crippen LogP contribution in [-0.2, 0) is 9.59 Å². The predicted octanol–water partition coefficient (Wildman–Crippen LogP) is 5.97. The van der Waals surface area contributed by atoms with E-state index in [1.54, 1.807) is 17.0 Å². The van der Waals surface area contributed by atoms with Crippen molar-refractivity contribution in [1.82, 2.24) is 4.90 Å². The molecule has 41 heavy (non-hydrogen) atoms. The van der Waals surface area contributed by atoms with Gasteiger partial charge in [0, 0.05) is 12.0 Å². The van der Waals surface area contributed by atoms with Crippen LogP contribution in [0.4, 0.5) is 0 Å². The van der Waals surface area contributed by atoms with Crippen molar-refractivity contribution in [2.75, 3.05) is 6.61 Å². The monoisotopic (exact) mass is 557 g/mol. The Kier molecular flexibility index (Phi) is 9.10. The van der Waals surface area contributed by atoms with Gasteiger partial charge in [-0.3, -0.25) is 14.5 Å².